The maximum atomic E-state index is 12.7. The first-order chi connectivity index (χ1) is 16.5. The van der Waals surface area contributed by atoms with Gasteiger partial charge in [-0.3, -0.25) is 4.79 Å². The Morgan fingerprint density at radius 3 is 2.29 bits per heavy atom. The number of amides is 2. The summed E-state index contributed by atoms with van der Waals surface area (Å²) in [6, 6.07) is 15.4. The van der Waals surface area contributed by atoms with Crippen molar-refractivity contribution in [3.05, 3.63) is 59.7 Å². The van der Waals surface area contributed by atoms with E-state index in [1.807, 2.05) is 31.2 Å². The third kappa shape index (κ3) is 5.24. The van der Waals surface area contributed by atoms with Crippen molar-refractivity contribution in [1.29, 1.82) is 0 Å². The lowest BCUT2D eigenvalue weighted by atomic mass is 9.98. The van der Waals surface area contributed by atoms with Crippen LogP contribution in [0.15, 0.2) is 48.5 Å². The summed E-state index contributed by atoms with van der Waals surface area (Å²) in [5, 5.41) is 14.8. The van der Waals surface area contributed by atoms with Crippen molar-refractivity contribution < 1.29 is 24.2 Å². The van der Waals surface area contributed by atoms with E-state index >= 15 is 0 Å². The molecule has 0 heterocycles. The first kappa shape index (κ1) is 23.8. The van der Waals surface area contributed by atoms with Gasteiger partial charge in [-0.25, -0.2) is 9.59 Å². The number of carboxylic acid groups (broad SMARTS) is 1. The number of alkyl carbamates (subject to hydrolysis) is 1. The van der Waals surface area contributed by atoms with Gasteiger partial charge in [0, 0.05) is 18.4 Å². The molecule has 2 aliphatic rings. The molecule has 1 saturated carbocycles. The van der Waals surface area contributed by atoms with E-state index in [9.17, 15) is 19.5 Å². The quantitative estimate of drug-likeness (QED) is 0.508. The van der Waals surface area contributed by atoms with Crippen LogP contribution in [0.1, 0.15) is 62.5 Å². The van der Waals surface area contributed by atoms with E-state index in [1.165, 1.54) is 11.1 Å². The maximum Gasteiger partial charge on any atom is 0.407 e. The lowest BCUT2D eigenvalue weighted by Gasteiger charge is -2.22. The fourth-order valence-electron chi connectivity index (χ4n) is 5.30. The van der Waals surface area contributed by atoms with Crippen molar-refractivity contribution in [2.24, 2.45) is 5.92 Å². The second kappa shape index (κ2) is 10.7. The van der Waals surface area contributed by atoms with E-state index in [2.05, 4.69) is 34.9 Å². The number of aliphatic carboxylic acids is 1. The number of ether oxygens (including phenoxy) is 1. The normalized spacial score (nSPS) is 19.7. The number of nitrogens with one attached hydrogen (secondary N) is 2. The summed E-state index contributed by atoms with van der Waals surface area (Å²) in [6.07, 6.45) is 3.28. The summed E-state index contributed by atoms with van der Waals surface area (Å²) < 4.78 is 5.65. The Bertz CT molecular complexity index is 1010. The van der Waals surface area contributed by atoms with Crippen LogP contribution >= 0.6 is 0 Å². The molecule has 2 aliphatic carbocycles. The average Bonchev–Trinajstić information content (AvgIpc) is 3.39. The number of carbonyl (C=O) groups is 3. The van der Waals surface area contributed by atoms with Gasteiger partial charge in [-0.1, -0.05) is 68.3 Å². The molecule has 0 radical (unpaired) electrons. The molecule has 0 aliphatic heterocycles. The number of carboxylic acids is 1. The molecule has 0 aromatic heterocycles. The first-order valence-electron chi connectivity index (χ1n) is 12.1. The molecule has 34 heavy (non-hydrogen) atoms. The number of hydrogen-bond acceptors (Lipinski definition) is 4. The van der Waals surface area contributed by atoms with Gasteiger partial charge in [-0.05, 0) is 47.4 Å². The van der Waals surface area contributed by atoms with Gasteiger partial charge in [0.25, 0.3) is 0 Å². The molecule has 1 unspecified atom stereocenters. The Morgan fingerprint density at radius 2 is 1.68 bits per heavy atom. The minimum atomic E-state index is -1.02. The van der Waals surface area contributed by atoms with Crippen LogP contribution in [0.25, 0.3) is 11.1 Å². The molecule has 0 bridgehead atoms. The second-order valence-corrected chi connectivity index (χ2v) is 9.22. The van der Waals surface area contributed by atoms with Crippen molar-refractivity contribution >= 4 is 18.0 Å². The summed E-state index contributed by atoms with van der Waals surface area (Å²) in [4.78, 5) is 36.4. The van der Waals surface area contributed by atoms with E-state index in [0.717, 1.165) is 30.4 Å². The Balaban J connectivity index is 1.32. The summed E-state index contributed by atoms with van der Waals surface area (Å²) in [5.74, 6) is -1.34. The van der Waals surface area contributed by atoms with Crippen molar-refractivity contribution in [2.45, 2.75) is 63.5 Å². The average molecular weight is 465 g/mol. The third-order valence-corrected chi connectivity index (χ3v) is 6.96. The summed E-state index contributed by atoms with van der Waals surface area (Å²) in [7, 11) is 0. The zero-order chi connectivity index (χ0) is 24.1. The van der Waals surface area contributed by atoms with Crippen LogP contribution in [0.3, 0.4) is 0 Å². The molecule has 180 valence electrons. The van der Waals surface area contributed by atoms with Gasteiger partial charge in [0.05, 0.1) is 0 Å². The lowest BCUT2D eigenvalue weighted by molar-refractivity contribution is -0.142. The molecule has 1 fully saturated rings. The van der Waals surface area contributed by atoms with Crippen LogP contribution < -0.4 is 10.6 Å². The molecule has 7 heteroatoms. The van der Waals surface area contributed by atoms with Crippen LogP contribution in [0.2, 0.25) is 0 Å². The number of fused-ring (bicyclic) bond motifs is 3. The van der Waals surface area contributed by atoms with Gasteiger partial charge in [0.1, 0.15) is 12.6 Å². The number of carbonyl (C=O) groups excluding carboxylic acids is 2. The van der Waals surface area contributed by atoms with Gasteiger partial charge >= 0.3 is 12.1 Å². The van der Waals surface area contributed by atoms with Gasteiger partial charge < -0.3 is 20.5 Å². The van der Waals surface area contributed by atoms with Gasteiger partial charge in [0.2, 0.25) is 5.91 Å². The predicted molar refractivity (Wildman–Crippen MR) is 128 cm³/mol. The van der Waals surface area contributed by atoms with E-state index in [-0.39, 0.29) is 36.8 Å². The highest BCUT2D eigenvalue weighted by Crippen LogP contribution is 2.44. The van der Waals surface area contributed by atoms with Gasteiger partial charge in [0.15, 0.2) is 0 Å². The molecule has 0 spiro atoms. The zero-order valence-electron chi connectivity index (χ0n) is 19.5. The van der Waals surface area contributed by atoms with E-state index < -0.39 is 18.1 Å². The minimum Gasteiger partial charge on any atom is -0.480 e. The molecular weight excluding hydrogens is 432 g/mol. The van der Waals surface area contributed by atoms with Crippen molar-refractivity contribution in [3.63, 3.8) is 0 Å². The predicted octanol–water partition coefficient (Wildman–Crippen LogP) is 4.45. The molecular formula is C27H32N2O5. The maximum absolute atomic E-state index is 12.7. The number of benzene rings is 2. The monoisotopic (exact) mass is 464 g/mol. The molecule has 4 rings (SSSR count). The summed E-state index contributed by atoms with van der Waals surface area (Å²) in [5.41, 5.74) is 4.67. The van der Waals surface area contributed by atoms with Crippen LogP contribution in [0.5, 0.6) is 0 Å². The van der Waals surface area contributed by atoms with Crippen molar-refractivity contribution in [2.75, 3.05) is 6.61 Å². The number of rotatable bonds is 9. The minimum absolute atomic E-state index is 0.00480. The van der Waals surface area contributed by atoms with Gasteiger partial charge in [-0.15, -0.1) is 0 Å². The van der Waals surface area contributed by atoms with Crippen molar-refractivity contribution in [3.8, 4) is 11.1 Å². The highest BCUT2D eigenvalue weighted by atomic mass is 16.5. The van der Waals surface area contributed by atoms with Crippen LogP contribution in [0.4, 0.5) is 4.79 Å². The SMILES string of the molecule is CCCC(NC(=O)C[C@@H]1CCC[C@H]1NC(=O)OCC1c2ccccc2-c2ccccc21)C(=O)O. The molecule has 2 amide bonds. The second-order valence-electron chi connectivity index (χ2n) is 9.22. The lowest BCUT2D eigenvalue weighted by Crippen LogP contribution is -2.43. The Labute approximate surface area is 199 Å². The highest BCUT2D eigenvalue weighted by Gasteiger charge is 2.33. The van der Waals surface area contributed by atoms with Crippen LogP contribution in [-0.4, -0.2) is 41.8 Å². The first-order valence-corrected chi connectivity index (χ1v) is 12.1. The van der Waals surface area contributed by atoms with Crippen LogP contribution in [-0.2, 0) is 14.3 Å². The summed E-state index contributed by atoms with van der Waals surface area (Å²) in [6.45, 7) is 2.13. The molecule has 0 saturated heterocycles. The standard InChI is InChI=1S/C27H32N2O5/c1-2-8-24(26(31)32)28-25(30)15-17-9-7-14-23(17)29-27(33)34-16-22-20-12-5-3-10-18(20)19-11-4-6-13-21(19)22/h3-6,10-13,17,22-24H,2,7-9,14-16H2,1H3,(H,28,30)(H,29,33)(H,31,32)/t17-,23+,24?/m0/s1. The zero-order valence-corrected chi connectivity index (χ0v) is 19.5. The highest BCUT2D eigenvalue weighted by molar-refractivity contribution is 5.83. The smallest absolute Gasteiger partial charge is 0.407 e. The molecule has 3 atom stereocenters. The van der Waals surface area contributed by atoms with Crippen molar-refractivity contribution in [1.82, 2.24) is 10.6 Å². The summed E-state index contributed by atoms with van der Waals surface area (Å²) >= 11 is 0. The Morgan fingerprint density at radius 1 is 1.03 bits per heavy atom. The largest absolute Gasteiger partial charge is 0.480 e. The van der Waals surface area contributed by atoms with Crippen LogP contribution in [0, 0.1) is 5.92 Å². The molecule has 2 aromatic carbocycles. The fourth-order valence-corrected chi connectivity index (χ4v) is 5.30. The third-order valence-electron chi connectivity index (χ3n) is 6.96. The topological polar surface area (TPSA) is 105 Å². The number of hydrogen-bond donors (Lipinski definition) is 3. The fraction of sp³-hybridized carbons (Fsp3) is 0.444. The van der Waals surface area contributed by atoms with Gasteiger partial charge in [-0.2, -0.15) is 0 Å². The molecule has 7 nitrogen and oxygen atoms in total. The van der Waals surface area contributed by atoms with E-state index in [4.69, 9.17) is 4.74 Å². The van der Waals surface area contributed by atoms with E-state index in [1.54, 1.807) is 0 Å². The Hall–Kier alpha value is -3.35. The van der Waals surface area contributed by atoms with E-state index in [0.29, 0.717) is 12.8 Å². The molecule has 3 N–H and O–H groups in total. The molecule has 2 aromatic rings. The Kier molecular flexibility index (Phi) is 7.50.